The predicted molar refractivity (Wildman–Crippen MR) is 93.2 cm³/mol. The van der Waals surface area contributed by atoms with Crippen molar-refractivity contribution in [2.45, 2.75) is 6.54 Å². The van der Waals surface area contributed by atoms with Gasteiger partial charge in [-0.2, -0.15) is 0 Å². The van der Waals surface area contributed by atoms with Crippen molar-refractivity contribution in [3.63, 3.8) is 0 Å². The molecule has 1 N–H and O–H groups in total. The Morgan fingerprint density at radius 1 is 1.19 bits per heavy atom. The summed E-state index contributed by atoms with van der Waals surface area (Å²) in [5, 5.41) is 13.8. The Kier molecular flexibility index (Phi) is 6.51. The van der Waals surface area contributed by atoms with Crippen LogP contribution in [0.3, 0.4) is 0 Å². The number of nitro groups is 1. The van der Waals surface area contributed by atoms with Gasteiger partial charge in [-0.05, 0) is 29.8 Å². The van der Waals surface area contributed by atoms with Crippen molar-refractivity contribution in [2.75, 3.05) is 13.7 Å². The lowest BCUT2D eigenvalue weighted by Gasteiger charge is -2.08. The van der Waals surface area contributed by atoms with Crippen LogP contribution in [-0.4, -0.2) is 30.5 Å². The highest BCUT2D eigenvalue weighted by Crippen LogP contribution is 2.29. The third kappa shape index (κ3) is 5.18. The highest BCUT2D eigenvalue weighted by Gasteiger charge is 2.16. The molecule has 2 rings (SSSR count). The Hall–Kier alpha value is -3.13. The maximum atomic E-state index is 11.9. The van der Waals surface area contributed by atoms with Gasteiger partial charge in [0.1, 0.15) is 0 Å². The number of carbonyl (C=O) groups excluding carboxylic acids is 2. The summed E-state index contributed by atoms with van der Waals surface area (Å²) >= 11 is 5.71. The second-order valence-corrected chi connectivity index (χ2v) is 5.56. The topological polar surface area (TPSA) is 108 Å². The summed E-state index contributed by atoms with van der Waals surface area (Å²) in [7, 11) is 1.29. The van der Waals surface area contributed by atoms with Gasteiger partial charge in [-0.3, -0.25) is 14.9 Å². The molecular weight excluding hydrogens is 364 g/mol. The lowest BCUT2D eigenvalue weighted by molar-refractivity contribution is -0.385. The van der Waals surface area contributed by atoms with E-state index >= 15 is 0 Å². The summed E-state index contributed by atoms with van der Waals surface area (Å²) in [6, 6.07) is 10.4. The molecule has 0 aromatic heterocycles. The van der Waals surface area contributed by atoms with Gasteiger partial charge in [-0.25, -0.2) is 4.79 Å². The maximum Gasteiger partial charge on any atom is 0.337 e. The zero-order valence-corrected chi connectivity index (χ0v) is 14.5. The molecule has 0 bridgehead atoms. The lowest BCUT2D eigenvalue weighted by Crippen LogP contribution is -2.28. The van der Waals surface area contributed by atoms with Crippen LogP contribution in [0.4, 0.5) is 5.69 Å². The third-order valence-electron chi connectivity index (χ3n) is 3.34. The molecule has 0 fully saturated rings. The number of nitrogens with one attached hydrogen (secondary N) is 1. The third-order valence-corrected chi connectivity index (χ3v) is 3.58. The standard InChI is InChI=1S/C17H15ClN2O6/c1-25-17(22)12-4-2-11(3-5-12)9-19-16(21)10-26-15-7-6-13(18)8-14(15)20(23)24/h2-8H,9-10H2,1H3,(H,19,21). The van der Waals surface area contributed by atoms with Gasteiger partial charge >= 0.3 is 11.7 Å². The monoisotopic (exact) mass is 378 g/mol. The van der Waals surface area contributed by atoms with Gasteiger partial charge in [0.15, 0.2) is 12.4 Å². The normalized spacial score (nSPS) is 10.1. The summed E-state index contributed by atoms with van der Waals surface area (Å²) < 4.78 is 9.80. The minimum Gasteiger partial charge on any atom is -0.477 e. The zero-order chi connectivity index (χ0) is 19.1. The van der Waals surface area contributed by atoms with Crippen molar-refractivity contribution in [1.82, 2.24) is 5.32 Å². The van der Waals surface area contributed by atoms with Crippen LogP contribution in [0.15, 0.2) is 42.5 Å². The van der Waals surface area contributed by atoms with Gasteiger partial charge in [0.05, 0.1) is 17.6 Å². The van der Waals surface area contributed by atoms with Crippen LogP contribution in [0.2, 0.25) is 5.02 Å². The van der Waals surface area contributed by atoms with E-state index in [9.17, 15) is 19.7 Å². The Balaban J connectivity index is 1.88. The molecule has 0 saturated carbocycles. The van der Waals surface area contributed by atoms with Crippen LogP contribution in [0, 0.1) is 10.1 Å². The maximum absolute atomic E-state index is 11.9. The number of nitrogens with zero attached hydrogens (tertiary/aromatic N) is 1. The molecule has 0 heterocycles. The van der Waals surface area contributed by atoms with Crippen LogP contribution in [0.1, 0.15) is 15.9 Å². The molecule has 0 radical (unpaired) electrons. The second-order valence-electron chi connectivity index (χ2n) is 5.12. The lowest BCUT2D eigenvalue weighted by atomic mass is 10.1. The van der Waals surface area contributed by atoms with Gasteiger partial charge < -0.3 is 14.8 Å². The number of halogens is 1. The number of benzene rings is 2. The molecule has 0 saturated heterocycles. The van der Waals surface area contributed by atoms with Crippen molar-refractivity contribution in [1.29, 1.82) is 0 Å². The molecule has 8 nitrogen and oxygen atoms in total. The van der Waals surface area contributed by atoms with Gasteiger partial charge in [0.2, 0.25) is 0 Å². The van der Waals surface area contributed by atoms with Crippen LogP contribution >= 0.6 is 11.6 Å². The quantitative estimate of drug-likeness (QED) is 0.451. The van der Waals surface area contributed by atoms with E-state index in [1.807, 2.05) is 0 Å². The molecule has 1 amide bonds. The number of esters is 1. The van der Waals surface area contributed by atoms with Crippen molar-refractivity contribution in [2.24, 2.45) is 0 Å². The highest BCUT2D eigenvalue weighted by molar-refractivity contribution is 6.30. The molecule has 0 unspecified atom stereocenters. The largest absolute Gasteiger partial charge is 0.477 e. The van der Waals surface area contributed by atoms with Crippen molar-refractivity contribution in [3.8, 4) is 5.75 Å². The SMILES string of the molecule is COC(=O)c1ccc(CNC(=O)COc2ccc(Cl)cc2[N+](=O)[O-])cc1. The number of hydrogen-bond donors (Lipinski definition) is 1. The minimum atomic E-state index is -0.637. The number of nitro benzene ring substituents is 1. The van der Waals surface area contributed by atoms with Crippen LogP contribution in [-0.2, 0) is 16.1 Å². The van der Waals surface area contributed by atoms with Crippen molar-refractivity contribution >= 4 is 29.2 Å². The van der Waals surface area contributed by atoms with Crippen molar-refractivity contribution in [3.05, 3.63) is 68.7 Å². The Labute approximate surface area is 153 Å². The Morgan fingerprint density at radius 2 is 1.88 bits per heavy atom. The molecule has 136 valence electrons. The fourth-order valence-corrected chi connectivity index (χ4v) is 2.19. The minimum absolute atomic E-state index is 0.0445. The van der Waals surface area contributed by atoms with E-state index < -0.39 is 16.8 Å². The van der Waals surface area contributed by atoms with Crippen LogP contribution < -0.4 is 10.1 Å². The van der Waals surface area contributed by atoms with Crippen LogP contribution in [0.5, 0.6) is 5.75 Å². The van der Waals surface area contributed by atoms with E-state index in [-0.39, 0.29) is 29.6 Å². The Bertz CT molecular complexity index is 823. The molecule has 2 aromatic carbocycles. The molecule has 2 aromatic rings. The number of hydrogen-bond acceptors (Lipinski definition) is 6. The first kappa shape index (κ1) is 19.2. The smallest absolute Gasteiger partial charge is 0.337 e. The van der Waals surface area contributed by atoms with E-state index in [0.29, 0.717) is 5.56 Å². The van der Waals surface area contributed by atoms with Gasteiger partial charge in [-0.1, -0.05) is 23.7 Å². The van der Waals surface area contributed by atoms with E-state index in [2.05, 4.69) is 10.1 Å². The molecule has 0 aliphatic carbocycles. The summed E-state index contributed by atoms with van der Waals surface area (Å²) in [6.45, 7) is -0.172. The molecule has 0 aliphatic heterocycles. The average molecular weight is 379 g/mol. The molecule has 26 heavy (non-hydrogen) atoms. The van der Waals surface area contributed by atoms with E-state index in [1.165, 1.54) is 19.2 Å². The fraction of sp³-hybridized carbons (Fsp3) is 0.176. The first-order valence-corrected chi connectivity index (χ1v) is 7.79. The van der Waals surface area contributed by atoms with E-state index in [0.717, 1.165) is 11.6 Å². The molecule has 0 aliphatic rings. The van der Waals surface area contributed by atoms with E-state index in [4.69, 9.17) is 16.3 Å². The number of methoxy groups -OCH3 is 1. The van der Waals surface area contributed by atoms with Gasteiger partial charge in [0.25, 0.3) is 5.91 Å². The molecule has 9 heteroatoms. The summed E-state index contributed by atoms with van der Waals surface area (Å²) in [6.07, 6.45) is 0. The predicted octanol–water partition coefficient (Wildman–Crippen LogP) is 2.73. The van der Waals surface area contributed by atoms with Crippen molar-refractivity contribution < 1.29 is 24.0 Å². The number of ether oxygens (including phenoxy) is 2. The van der Waals surface area contributed by atoms with E-state index in [1.54, 1.807) is 24.3 Å². The Morgan fingerprint density at radius 3 is 2.50 bits per heavy atom. The van der Waals surface area contributed by atoms with Crippen LogP contribution in [0.25, 0.3) is 0 Å². The molecule has 0 atom stereocenters. The number of carbonyl (C=O) groups is 2. The van der Waals surface area contributed by atoms with Gasteiger partial charge in [-0.15, -0.1) is 0 Å². The zero-order valence-electron chi connectivity index (χ0n) is 13.7. The summed E-state index contributed by atoms with van der Waals surface area (Å²) in [5.41, 5.74) is 0.855. The fourth-order valence-electron chi connectivity index (χ4n) is 2.03. The summed E-state index contributed by atoms with van der Waals surface area (Å²) in [4.78, 5) is 33.5. The average Bonchev–Trinajstić information content (AvgIpc) is 2.65. The number of rotatable bonds is 7. The number of amides is 1. The van der Waals surface area contributed by atoms with Gasteiger partial charge in [0, 0.05) is 17.6 Å². The molecular formula is C17H15ClN2O6. The first-order chi connectivity index (χ1) is 12.4. The molecule has 0 spiro atoms. The highest BCUT2D eigenvalue weighted by atomic mass is 35.5. The summed E-state index contributed by atoms with van der Waals surface area (Å²) in [5.74, 6) is -0.943. The first-order valence-electron chi connectivity index (χ1n) is 7.41. The second kappa shape index (κ2) is 8.82.